The van der Waals surface area contributed by atoms with Gasteiger partial charge >= 0.3 is 5.97 Å². The van der Waals surface area contributed by atoms with E-state index in [4.69, 9.17) is 5.73 Å². The van der Waals surface area contributed by atoms with Crippen molar-refractivity contribution in [2.24, 2.45) is 5.73 Å². The van der Waals surface area contributed by atoms with Gasteiger partial charge in [-0.15, -0.1) is 0 Å². The Bertz CT molecular complexity index is 142. The first-order valence-corrected chi connectivity index (χ1v) is 5.04. The molecule has 0 aliphatic heterocycles. The quantitative estimate of drug-likeness (QED) is 0.520. The molecule has 0 bridgehead atoms. The molecule has 0 aromatic rings. The maximum Gasteiger partial charge on any atom is 0.306 e. The summed E-state index contributed by atoms with van der Waals surface area (Å²) in [7, 11) is 1.40. The predicted octanol–water partition coefficient (Wildman–Crippen LogP) is 1.02. The molecule has 12 heavy (non-hydrogen) atoms. The third-order valence-corrected chi connectivity index (χ3v) is 2.59. The van der Waals surface area contributed by atoms with Gasteiger partial charge in [-0.1, -0.05) is 0 Å². The molecule has 0 amide bonds. The molecule has 0 spiro atoms. The van der Waals surface area contributed by atoms with Crippen LogP contribution in [0, 0.1) is 0 Å². The van der Waals surface area contributed by atoms with Gasteiger partial charge in [-0.2, -0.15) is 11.8 Å². The van der Waals surface area contributed by atoms with Crippen molar-refractivity contribution in [3.63, 3.8) is 0 Å². The number of thioether (sulfide) groups is 1. The smallest absolute Gasteiger partial charge is 0.306 e. The fourth-order valence-electron chi connectivity index (χ4n) is 0.593. The summed E-state index contributed by atoms with van der Waals surface area (Å²) in [6, 6.07) is 0. The van der Waals surface area contributed by atoms with Gasteiger partial charge in [0, 0.05) is 17.0 Å². The van der Waals surface area contributed by atoms with Crippen molar-refractivity contribution in [1.29, 1.82) is 0 Å². The van der Waals surface area contributed by atoms with Gasteiger partial charge in [-0.3, -0.25) is 4.79 Å². The minimum Gasteiger partial charge on any atom is -0.469 e. The first kappa shape index (κ1) is 11.8. The van der Waals surface area contributed by atoms with Gasteiger partial charge in [-0.05, 0) is 13.8 Å². The van der Waals surface area contributed by atoms with Crippen LogP contribution in [0.2, 0.25) is 0 Å². The minimum absolute atomic E-state index is 0.152. The molecule has 0 aliphatic rings. The Kier molecular flexibility index (Phi) is 5.33. The van der Waals surface area contributed by atoms with Crippen molar-refractivity contribution in [1.82, 2.24) is 0 Å². The molecular formula is C8H17NO2S. The Morgan fingerprint density at radius 2 is 2.17 bits per heavy atom. The lowest BCUT2D eigenvalue weighted by molar-refractivity contribution is -0.140. The van der Waals surface area contributed by atoms with Crippen LogP contribution in [0.1, 0.15) is 20.3 Å². The number of ether oxygens (including phenoxy) is 1. The number of hydrogen-bond acceptors (Lipinski definition) is 4. The van der Waals surface area contributed by atoms with Crippen LogP contribution < -0.4 is 5.73 Å². The molecule has 2 N–H and O–H groups in total. The van der Waals surface area contributed by atoms with Crippen LogP contribution in [0.15, 0.2) is 0 Å². The van der Waals surface area contributed by atoms with E-state index in [1.165, 1.54) is 7.11 Å². The fraction of sp³-hybridized carbons (Fsp3) is 0.875. The lowest BCUT2D eigenvalue weighted by Gasteiger charge is -2.16. The van der Waals surface area contributed by atoms with Crippen LogP contribution in [0.25, 0.3) is 0 Å². The summed E-state index contributed by atoms with van der Waals surface area (Å²) in [6.45, 7) is 3.94. The molecule has 0 aromatic carbocycles. The Morgan fingerprint density at radius 3 is 2.58 bits per heavy atom. The van der Waals surface area contributed by atoms with Gasteiger partial charge in [0.2, 0.25) is 0 Å². The molecule has 0 unspecified atom stereocenters. The summed E-state index contributed by atoms with van der Waals surface area (Å²) in [5.74, 6) is 1.49. The van der Waals surface area contributed by atoms with E-state index in [-0.39, 0.29) is 11.5 Å². The van der Waals surface area contributed by atoms with E-state index < -0.39 is 0 Å². The Balaban J connectivity index is 3.28. The highest BCUT2D eigenvalue weighted by Gasteiger charge is 2.10. The summed E-state index contributed by atoms with van der Waals surface area (Å²) in [4.78, 5) is 10.7. The van der Waals surface area contributed by atoms with Crippen molar-refractivity contribution in [3.05, 3.63) is 0 Å². The zero-order valence-corrected chi connectivity index (χ0v) is 8.74. The number of rotatable bonds is 5. The lowest BCUT2D eigenvalue weighted by Crippen LogP contribution is -2.34. The second-order valence-electron chi connectivity index (χ2n) is 3.37. The van der Waals surface area contributed by atoms with E-state index in [1.807, 2.05) is 13.8 Å². The SMILES string of the molecule is COC(=O)CCSCC(C)(C)N. The number of nitrogens with two attached hydrogens (primary N) is 1. The van der Waals surface area contributed by atoms with E-state index in [0.29, 0.717) is 6.42 Å². The summed E-state index contributed by atoms with van der Waals surface area (Å²) in [5, 5.41) is 0. The summed E-state index contributed by atoms with van der Waals surface area (Å²) >= 11 is 1.68. The third-order valence-electron chi connectivity index (χ3n) is 1.15. The Labute approximate surface area is 78.0 Å². The maximum atomic E-state index is 10.7. The van der Waals surface area contributed by atoms with E-state index >= 15 is 0 Å². The first-order valence-electron chi connectivity index (χ1n) is 3.89. The number of esters is 1. The lowest BCUT2D eigenvalue weighted by atomic mass is 10.1. The first-order chi connectivity index (χ1) is 5.45. The van der Waals surface area contributed by atoms with Crippen LogP contribution in [0.3, 0.4) is 0 Å². The molecule has 0 atom stereocenters. The van der Waals surface area contributed by atoms with Gasteiger partial charge in [0.1, 0.15) is 0 Å². The molecule has 0 rings (SSSR count). The van der Waals surface area contributed by atoms with Crippen LogP contribution in [0.4, 0.5) is 0 Å². The highest BCUT2D eigenvalue weighted by Crippen LogP contribution is 2.10. The molecular weight excluding hydrogens is 174 g/mol. The van der Waals surface area contributed by atoms with Gasteiger partial charge in [0.05, 0.1) is 13.5 Å². The zero-order chi connectivity index (χ0) is 9.61. The summed E-state index contributed by atoms with van der Waals surface area (Å²) in [6.07, 6.45) is 0.469. The van der Waals surface area contributed by atoms with Crippen LogP contribution in [-0.2, 0) is 9.53 Å². The number of carbonyl (C=O) groups is 1. The molecule has 0 fully saturated rings. The number of hydrogen-bond donors (Lipinski definition) is 1. The molecule has 4 heteroatoms. The fourth-order valence-corrected chi connectivity index (χ4v) is 1.57. The summed E-state index contributed by atoms with van der Waals surface area (Å²) < 4.78 is 4.50. The van der Waals surface area contributed by atoms with E-state index in [1.54, 1.807) is 11.8 Å². The molecule has 0 heterocycles. The molecule has 0 saturated carbocycles. The van der Waals surface area contributed by atoms with Crippen molar-refractivity contribution >= 4 is 17.7 Å². The van der Waals surface area contributed by atoms with Crippen LogP contribution >= 0.6 is 11.8 Å². The number of carbonyl (C=O) groups excluding carboxylic acids is 1. The minimum atomic E-state index is -0.155. The normalized spacial score (nSPS) is 11.3. The second kappa shape index (κ2) is 5.43. The highest BCUT2D eigenvalue weighted by atomic mass is 32.2. The zero-order valence-electron chi connectivity index (χ0n) is 7.92. The second-order valence-corrected chi connectivity index (χ2v) is 4.47. The van der Waals surface area contributed by atoms with Crippen molar-refractivity contribution in [2.75, 3.05) is 18.6 Å². The van der Waals surface area contributed by atoms with Gasteiger partial charge in [0.25, 0.3) is 0 Å². The van der Waals surface area contributed by atoms with Crippen molar-refractivity contribution in [2.45, 2.75) is 25.8 Å². The molecule has 0 aromatic heterocycles. The largest absolute Gasteiger partial charge is 0.469 e. The average molecular weight is 191 g/mol. The average Bonchev–Trinajstić information content (AvgIpc) is 1.96. The van der Waals surface area contributed by atoms with Crippen molar-refractivity contribution in [3.8, 4) is 0 Å². The predicted molar refractivity (Wildman–Crippen MR) is 52.2 cm³/mol. The van der Waals surface area contributed by atoms with E-state index in [2.05, 4.69) is 4.74 Å². The third kappa shape index (κ3) is 7.88. The monoisotopic (exact) mass is 191 g/mol. The molecule has 0 aliphatic carbocycles. The van der Waals surface area contributed by atoms with Gasteiger partial charge < -0.3 is 10.5 Å². The van der Waals surface area contributed by atoms with Crippen LogP contribution in [0.5, 0.6) is 0 Å². The van der Waals surface area contributed by atoms with Crippen molar-refractivity contribution < 1.29 is 9.53 Å². The number of methoxy groups -OCH3 is 1. The van der Waals surface area contributed by atoms with Gasteiger partial charge in [0.15, 0.2) is 0 Å². The molecule has 0 radical (unpaired) electrons. The highest BCUT2D eigenvalue weighted by molar-refractivity contribution is 7.99. The Hall–Kier alpha value is -0.220. The van der Waals surface area contributed by atoms with E-state index in [0.717, 1.165) is 11.5 Å². The van der Waals surface area contributed by atoms with E-state index in [9.17, 15) is 4.79 Å². The Morgan fingerprint density at radius 1 is 1.58 bits per heavy atom. The molecule has 72 valence electrons. The topological polar surface area (TPSA) is 52.3 Å². The standard InChI is InChI=1S/C8H17NO2S/c1-8(2,9)6-12-5-4-7(10)11-3/h4-6,9H2,1-3H3. The molecule has 3 nitrogen and oxygen atoms in total. The molecule has 0 saturated heterocycles. The van der Waals surface area contributed by atoms with Gasteiger partial charge in [-0.25, -0.2) is 0 Å². The van der Waals surface area contributed by atoms with Crippen LogP contribution in [-0.4, -0.2) is 30.1 Å². The summed E-state index contributed by atoms with van der Waals surface area (Å²) in [5.41, 5.74) is 5.60. The maximum absolute atomic E-state index is 10.7.